The SMILES string of the molecule is C[C@@H]1CC[C@@](O)(CNC(=O)c2nn(C)c(-c3ccc(CCCC(F)(F)F)cc3OC(F)F)c2Cl)[C@H](O)C1.O=S=O. The number of amides is 1. The van der Waals surface area contributed by atoms with Crippen molar-refractivity contribution in [3.8, 4) is 17.0 Å². The van der Waals surface area contributed by atoms with Crippen molar-refractivity contribution in [1.29, 1.82) is 0 Å². The zero-order valence-corrected chi connectivity index (χ0v) is 23.1. The van der Waals surface area contributed by atoms with Crippen LogP contribution in [0.1, 0.15) is 55.1 Å². The second-order valence-electron chi connectivity index (χ2n) is 9.56. The maximum Gasteiger partial charge on any atom is 0.389 e. The van der Waals surface area contributed by atoms with Crippen LogP contribution in [0.4, 0.5) is 22.0 Å². The number of alkyl halides is 5. The molecule has 1 heterocycles. The molecule has 0 saturated heterocycles. The molecule has 1 aromatic carbocycles. The normalized spacial score (nSPS) is 21.0. The van der Waals surface area contributed by atoms with Gasteiger partial charge in [-0.15, -0.1) is 0 Å². The number of halogens is 6. The van der Waals surface area contributed by atoms with Gasteiger partial charge in [0.15, 0.2) is 5.69 Å². The largest absolute Gasteiger partial charge is 0.434 e. The molecule has 0 radical (unpaired) electrons. The van der Waals surface area contributed by atoms with Crippen molar-refractivity contribution in [3.63, 3.8) is 0 Å². The van der Waals surface area contributed by atoms with Gasteiger partial charge in [0, 0.05) is 25.6 Å². The van der Waals surface area contributed by atoms with E-state index >= 15 is 0 Å². The van der Waals surface area contributed by atoms with Crippen molar-refractivity contribution in [2.45, 2.75) is 69.9 Å². The minimum Gasteiger partial charge on any atom is -0.434 e. The van der Waals surface area contributed by atoms with Crippen LogP contribution >= 0.6 is 11.6 Å². The summed E-state index contributed by atoms with van der Waals surface area (Å²) in [5.74, 6) is -0.837. The van der Waals surface area contributed by atoms with Crippen LogP contribution < -0.4 is 10.1 Å². The van der Waals surface area contributed by atoms with E-state index in [1.54, 1.807) is 0 Å². The Hall–Kier alpha value is -2.62. The van der Waals surface area contributed by atoms with Crippen molar-refractivity contribution in [2.24, 2.45) is 13.0 Å². The summed E-state index contributed by atoms with van der Waals surface area (Å²) in [5, 5.41) is 27.5. The molecule has 1 aliphatic rings. The smallest absolute Gasteiger partial charge is 0.389 e. The zero-order chi connectivity index (χ0) is 30.3. The Labute approximate surface area is 235 Å². The number of aliphatic hydroxyl groups is 2. The number of benzene rings is 1. The van der Waals surface area contributed by atoms with E-state index in [2.05, 4.69) is 15.2 Å². The van der Waals surface area contributed by atoms with Crippen molar-refractivity contribution in [1.82, 2.24) is 15.1 Å². The molecule has 1 fully saturated rings. The number of aliphatic hydroxyl groups excluding tert-OH is 1. The van der Waals surface area contributed by atoms with E-state index in [1.165, 1.54) is 29.9 Å². The van der Waals surface area contributed by atoms with E-state index in [4.69, 9.17) is 20.0 Å². The van der Waals surface area contributed by atoms with Crippen LogP contribution in [0.5, 0.6) is 5.75 Å². The molecule has 3 rings (SSSR count). The predicted octanol–water partition coefficient (Wildman–Crippen LogP) is 4.20. The second-order valence-corrected chi connectivity index (χ2v) is 10.1. The molecule has 0 spiro atoms. The fraction of sp³-hybridized carbons (Fsp3) is 0.583. The standard InChI is InChI=1S/C24H29ClF5N3O4.O2S/c1-13-7-9-23(36,17(34)10-13)12-31-21(35)19-18(25)20(33(2)32-19)15-6-5-14(4-3-8-24(28,29)30)11-16(15)37-22(26)27;1-3-2/h5-6,11,13,17,22,34,36H,3-4,7-10,12H2,1-2H3,(H,31,35);/t13-,17-,23-;/m1./s1. The van der Waals surface area contributed by atoms with E-state index in [0.29, 0.717) is 24.8 Å². The Morgan fingerprint density at radius 2 is 2.00 bits per heavy atom. The summed E-state index contributed by atoms with van der Waals surface area (Å²) >= 11 is 5.67. The Balaban J connectivity index is 0.00000178. The van der Waals surface area contributed by atoms with Gasteiger partial charge in [-0.05, 0) is 55.7 Å². The molecule has 9 nitrogen and oxygen atoms in total. The average molecular weight is 618 g/mol. The number of nitrogens with zero attached hydrogens (tertiary/aromatic N) is 2. The number of aromatic nitrogens is 2. The third-order valence-electron chi connectivity index (χ3n) is 6.52. The number of hydrogen-bond donors (Lipinski definition) is 3. The fourth-order valence-electron chi connectivity index (χ4n) is 4.44. The Morgan fingerprint density at radius 3 is 2.58 bits per heavy atom. The molecule has 1 aromatic heterocycles. The number of rotatable bonds is 9. The summed E-state index contributed by atoms with van der Waals surface area (Å²) in [4.78, 5) is 12.8. The van der Waals surface area contributed by atoms with Gasteiger partial charge in [0.25, 0.3) is 5.91 Å². The highest BCUT2D eigenvalue weighted by Crippen LogP contribution is 2.38. The molecule has 16 heteroatoms. The van der Waals surface area contributed by atoms with Crippen LogP contribution in [-0.4, -0.2) is 65.4 Å². The lowest BCUT2D eigenvalue weighted by Gasteiger charge is -2.39. The number of aryl methyl sites for hydroxylation is 2. The molecule has 2 aromatic rings. The Bertz CT molecular complexity index is 1210. The van der Waals surface area contributed by atoms with E-state index in [0.717, 1.165) is 0 Å². The van der Waals surface area contributed by atoms with Gasteiger partial charge in [-0.25, -0.2) is 0 Å². The van der Waals surface area contributed by atoms with Gasteiger partial charge in [-0.1, -0.05) is 24.6 Å². The summed E-state index contributed by atoms with van der Waals surface area (Å²) in [6.45, 7) is -1.50. The highest BCUT2D eigenvalue weighted by atomic mass is 35.5. The van der Waals surface area contributed by atoms with E-state index in [9.17, 15) is 37.0 Å². The molecular weight excluding hydrogens is 589 g/mol. The molecule has 1 aliphatic carbocycles. The van der Waals surface area contributed by atoms with Gasteiger partial charge in [-0.2, -0.15) is 35.5 Å². The molecular formula is C24H29ClF5N3O6S. The van der Waals surface area contributed by atoms with Crippen molar-refractivity contribution in [3.05, 3.63) is 34.5 Å². The number of carbonyl (C=O) groups is 1. The van der Waals surface area contributed by atoms with Crippen LogP contribution in [0.3, 0.4) is 0 Å². The third-order valence-corrected chi connectivity index (χ3v) is 6.88. The molecule has 0 bridgehead atoms. The molecule has 0 aliphatic heterocycles. The lowest BCUT2D eigenvalue weighted by Crippen LogP contribution is -2.54. The molecule has 40 heavy (non-hydrogen) atoms. The molecule has 3 N–H and O–H groups in total. The highest BCUT2D eigenvalue weighted by molar-refractivity contribution is 7.51. The van der Waals surface area contributed by atoms with Gasteiger partial charge in [0.1, 0.15) is 11.4 Å². The quantitative estimate of drug-likeness (QED) is 0.360. The molecule has 1 saturated carbocycles. The molecule has 1 amide bonds. The van der Waals surface area contributed by atoms with Crippen LogP contribution in [0.25, 0.3) is 11.3 Å². The minimum absolute atomic E-state index is 0.0142. The van der Waals surface area contributed by atoms with E-state index < -0.39 is 48.4 Å². The van der Waals surface area contributed by atoms with Crippen LogP contribution in [0.15, 0.2) is 18.2 Å². The number of hydrogen-bond acceptors (Lipinski definition) is 7. The number of nitrogens with one attached hydrogen (secondary N) is 1. The average Bonchev–Trinajstić information content (AvgIpc) is 3.14. The maximum absolute atomic E-state index is 13.1. The van der Waals surface area contributed by atoms with Crippen molar-refractivity contribution >= 4 is 29.1 Å². The molecule has 3 atom stereocenters. The second kappa shape index (κ2) is 14.3. The van der Waals surface area contributed by atoms with Crippen molar-refractivity contribution < 1.29 is 50.1 Å². The Morgan fingerprint density at radius 1 is 1.35 bits per heavy atom. The van der Waals surface area contributed by atoms with Crippen LogP contribution in [0.2, 0.25) is 5.02 Å². The number of carbonyl (C=O) groups excluding carboxylic acids is 1. The van der Waals surface area contributed by atoms with Crippen LogP contribution in [0, 0.1) is 5.92 Å². The lowest BCUT2D eigenvalue weighted by atomic mass is 9.77. The summed E-state index contributed by atoms with van der Waals surface area (Å²) in [7, 11) is 1.43. The van der Waals surface area contributed by atoms with Gasteiger partial charge < -0.3 is 20.3 Å². The first-order valence-corrected chi connectivity index (χ1v) is 13.1. The zero-order valence-electron chi connectivity index (χ0n) is 21.5. The van der Waals surface area contributed by atoms with E-state index in [1.807, 2.05) is 6.92 Å². The van der Waals surface area contributed by atoms with E-state index in [-0.39, 0.29) is 53.0 Å². The fourth-order valence-corrected chi connectivity index (χ4v) is 4.79. The predicted molar refractivity (Wildman–Crippen MR) is 135 cm³/mol. The van der Waals surface area contributed by atoms with Gasteiger partial charge in [0.05, 0.1) is 16.8 Å². The van der Waals surface area contributed by atoms with Gasteiger partial charge in [-0.3, -0.25) is 9.48 Å². The number of ether oxygens (including phenoxy) is 1. The van der Waals surface area contributed by atoms with Gasteiger partial charge >= 0.3 is 24.4 Å². The lowest BCUT2D eigenvalue weighted by molar-refractivity contribution is -0.135. The first-order chi connectivity index (χ1) is 18.6. The monoisotopic (exact) mass is 617 g/mol. The van der Waals surface area contributed by atoms with Crippen molar-refractivity contribution in [2.75, 3.05) is 6.54 Å². The Kier molecular flexibility index (Phi) is 12.0. The summed E-state index contributed by atoms with van der Waals surface area (Å²) in [6, 6.07) is 4.05. The first-order valence-electron chi connectivity index (χ1n) is 12.1. The summed E-state index contributed by atoms with van der Waals surface area (Å²) in [6.07, 6.45) is -5.25. The third kappa shape index (κ3) is 9.21. The highest BCUT2D eigenvalue weighted by Gasteiger charge is 2.40. The molecule has 224 valence electrons. The summed E-state index contributed by atoms with van der Waals surface area (Å²) < 4.78 is 86.0. The first kappa shape index (κ1) is 33.6. The minimum atomic E-state index is -4.33. The summed E-state index contributed by atoms with van der Waals surface area (Å²) in [5.41, 5.74) is -1.25. The topological polar surface area (TPSA) is 131 Å². The van der Waals surface area contributed by atoms with Crippen LogP contribution in [-0.2, 0) is 25.0 Å². The molecule has 0 unspecified atom stereocenters. The maximum atomic E-state index is 13.1. The van der Waals surface area contributed by atoms with Gasteiger partial charge in [0.2, 0.25) is 0 Å².